The molecule has 0 spiro atoms. The van der Waals surface area contributed by atoms with Crippen LogP contribution in [0, 0.1) is 0 Å². The highest BCUT2D eigenvalue weighted by atomic mass is 32.2. The van der Waals surface area contributed by atoms with E-state index in [2.05, 4.69) is 19.1 Å². The predicted molar refractivity (Wildman–Crippen MR) is 145 cm³/mol. The van der Waals surface area contributed by atoms with E-state index in [4.69, 9.17) is 18.8 Å². The van der Waals surface area contributed by atoms with Gasteiger partial charge in [0.1, 0.15) is 42.9 Å². The molecule has 0 bridgehead atoms. The number of hydrogen-bond acceptors (Lipinski definition) is 10. The number of carbonyl (C=O) groups excluding carboxylic acids is 1. The third kappa shape index (κ3) is 17.1. The Morgan fingerprint density at radius 2 is 1.41 bits per heavy atom. The van der Waals surface area contributed by atoms with Crippen molar-refractivity contribution >= 4 is 16.1 Å². The highest BCUT2D eigenvalue weighted by Crippen LogP contribution is 2.23. The van der Waals surface area contributed by atoms with Crippen LogP contribution < -0.4 is 0 Å². The fraction of sp³-hybridized carbons (Fsp3) is 0.815. The van der Waals surface area contributed by atoms with Gasteiger partial charge < -0.3 is 34.6 Å². The van der Waals surface area contributed by atoms with Crippen molar-refractivity contribution in [1.29, 1.82) is 0 Å². The fourth-order valence-electron chi connectivity index (χ4n) is 4.04. The van der Waals surface area contributed by atoms with Gasteiger partial charge in [0.15, 0.2) is 6.29 Å². The Morgan fingerprint density at radius 1 is 0.846 bits per heavy atom. The number of esters is 1. The Morgan fingerprint density at radius 3 is 2.03 bits per heavy atom. The van der Waals surface area contributed by atoms with Gasteiger partial charge in [0.05, 0.1) is 6.61 Å². The zero-order chi connectivity index (χ0) is 29.1. The van der Waals surface area contributed by atoms with E-state index in [0.29, 0.717) is 0 Å². The highest BCUT2D eigenvalue weighted by Gasteiger charge is 2.45. The average molecular weight is 581 g/mol. The molecular weight excluding hydrogens is 532 g/mol. The lowest BCUT2D eigenvalue weighted by molar-refractivity contribution is -0.296. The van der Waals surface area contributed by atoms with E-state index in [9.17, 15) is 33.6 Å². The summed E-state index contributed by atoms with van der Waals surface area (Å²) in [4.78, 5) is 11.8. The lowest BCUT2D eigenvalue weighted by Gasteiger charge is -2.40. The summed E-state index contributed by atoms with van der Waals surface area (Å²) in [6, 6.07) is 0. The summed E-state index contributed by atoms with van der Waals surface area (Å²) in [5, 5.41) is 39.7. The number of ether oxygens (including phenoxy) is 3. The smallest absolute Gasteiger partial charge is 0.330 e. The van der Waals surface area contributed by atoms with Gasteiger partial charge in [-0.25, -0.2) is 4.79 Å². The maximum absolute atomic E-state index is 11.8. The molecule has 1 aliphatic heterocycles. The van der Waals surface area contributed by atoms with Crippen molar-refractivity contribution in [2.75, 3.05) is 19.0 Å². The van der Waals surface area contributed by atoms with Gasteiger partial charge in [-0.15, -0.1) is 0 Å². The number of allylic oxidation sites excluding steroid dienone is 3. The summed E-state index contributed by atoms with van der Waals surface area (Å²) >= 11 is 0. The summed E-state index contributed by atoms with van der Waals surface area (Å²) < 4.78 is 46.3. The van der Waals surface area contributed by atoms with Gasteiger partial charge in [-0.1, -0.05) is 63.7 Å². The molecule has 0 unspecified atom stereocenters. The van der Waals surface area contributed by atoms with E-state index in [1.165, 1.54) is 44.6 Å². The molecule has 0 aromatic carbocycles. The fourth-order valence-corrected chi connectivity index (χ4v) is 4.73. The third-order valence-corrected chi connectivity index (χ3v) is 7.05. The second-order valence-corrected chi connectivity index (χ2v) is 11.4. The molecule has 0 radical (unpaired) electrons. The molecule has 0 saturated carbocycles. The van der Waals surface area contributed by atoms with Gasteiger partial charge in [-0.05, 0) is 38.5 Å². The molecule has 0 aromatic heterocycles. The summed E-state index contributed by atoms with van der Waals surface area (Å²) in [6.45, 7) is 1.34. The molecule has 1 saturated heterocycles. The number of aliphatic hydroxyl groups is 4. The van der Waals surface area contributed by atoms with Crippen molar-refractivity contribution in [1.82, 2.24) is 0 Å². The quantitative estimate of drug-likeness (QED) is 0.0442. The van der Waals surface area contributed by atoms with Gasteiger partial charge in [0, 0.05) is 6.08 Å². The van der Waals surface area contributed by atoms with Crippen molar-refractivity contribution in [2.24, 2.45) is 0 Å². The second-order valence-electron chi connectivity index (χ2n) is 9.95. The molecule has 0 aromatic rings. The average Bonchev–Trinajstić information content (AvgIpc) is 2.88. The monoisotopic (exact) mass is 580 g/mol. The molecular formula is C27H48O11S. The summed E-state index contributed by atoms with van der Waals surface area (Å²) in [5.41, 5.74) is 0. The van der Waals surface area contributed by atoms with Crippen LogP contribution in [0.15, 0.2) is 24.3 Å². The Labute approximate surface area is 232 Å². The molecule has 11 nitrogen and oxygen atoms in total. The van der Waals surface area contributed by atoms with Gasteiger partial charge in [0.25, 0.3) is 10.1 Å². The van der Waals surface area contributed by atoms with E-state index >= 15 is 0 Å². The molecule has 1 aliphatic rings. The number of carbonyl (C=O) groups is 1. The van der Waals surface area contributed by atoms with Crippen molar-refractivity contribution in [3.8, 4) is 0 Å². The number of rotatable bonds is 21. The van der Waals surface area contributed by atoms with Crippen LogP contribution in [0.3, 0.4) is 0 Å². The van der Waals surface area contributed by atoms with Crippen LogP contribution in [-0.2, 0) is 29.1 Å². The van der Waals surface area contributed by atoms with E-state index < -0.39 is 71.9 Å². The van der Waals surface area contributed by atoms with E-state index in [0.717, 1.165) is 38.5 Å². The first-order valence-electron chi connectivity index (χ1n) is 14.0. The topological polar surface area (TPSA) is 180 Å². The van der Waals surface area contributed by atoms with Gasteiger partial charge in [-0.2, -0.15) is 8.42 Å². The minimum atomic E-state index is -4.54. The summed E-state index contributed by atoms with van der Waals surface area (Å²) in [7, 11) is -4.54. The van der Waals surface area contributed by atoms with Crippen LogP contribution in [0.5, 0.6) is 0 Å². The molecule has 1 fully saturated rings. The van der Waals surface area contributed by atoms with Crippen molar-refractivity contribution in [3.63, 3.8) is 0 Å². The van der Waals surface area contributed by atoms with Crippen molar-refractivity contribution in [2.45, 2.75) is 121 Å². The zero-order valence-electron chi connectivity index (χ0n) is 23.0. The standard InChI is InChI=1S/C27H48O11S/c1-2-3-4-5-6-7-8-9-10-11-12-13-14-15-16-17-23(29)36-18-21(28)19-37-27-26(32)25(31)24(30)22(38-27)20-39(33,34)35/h9-10,16-17,21-22,24-28,30-32H,2-8,11-15,18-20H2,1H3,(H,33,34,35)/t21-,22-,24-,25+,26-,27+/m1/s1. The first-order valence-corrected chi connectivity index (χ1v) is 15.6. The molecule has 6 atom stereocenters. The Balaban J connectivity index is 2.13. The van der Waals surface area contributed by atoms with Crippen LogP contribution in [0.25, 0.3) is 0 Å². The van der Waals surface area contributed by atoms with Crippen LogP contribution in [0.4, 0.5) is 0 Å². The van der Waals surface area contributed by atoms with Crippen molar-refractivity contribution in [3.05, 3.63) is 24.3 Å². The van der Waals surface area contributed by atoms with E-state index in [1.54, 1.807) is 6.08 Å². The lowest BCUT2D eigenvalue weighted by atomic mass is 10.00. The summed E-state index contributed by atoms with van der Waals surface area (Å²) in [5.74, 6) is -1.66. The summed E-state index contributed by atoms with van der Waals surface area (Å²) in [6.07, 6.45) is 11.7. The van der Waals surface area contributed by atoms with Crippen molar-refractivity contribution < 1.29 is 52.4 Å². The maximum atomic E-state index is 11.8. The normalized spacial score (nSPS) is 24.9. The molecule has 1 rings (SSSR count). The van der Waals surface area contributed by atoms with Gasteiger partial charge >= 0.3 is 5.97 Å². The number of unbranched alkanes of at least 4 members (excludes halogenated alkanes) is 10. The lowest BCUT2D eigenvalue weighted by Crippen LogP contribution is -2.60. The molecule has 1 heterocycles. The van der Waals surface area contributed by atoms with Gasteiger partial charge in [0.2, 0.25) is 0 Å². The third-order valence-electron chi connectivity index (χ3n) is 6.30. The van der Waals surface area contributed by atoms with E-state index in [1.807, 2.05) is 0 Å². The number of hydrogen-bond donors (Lipinski definition) is 5. The first kappa shape index (κ1) is 35.6. The minimum absolute atomic E-state index is 0.406. The van der Waals surface area contributed by atoms with Crippen LogP contribution in [0.2, 0.25) is 0 Å². The molecule has 39 heavy (non-hydrogen) atoms. The first-order chi connectivity index (χ1) is 18.5. The Hall–Kier alpha value is -1.38. The maximum Gasteiger partial charge on any atom is 0.330 e. The van der Waals surface area contributed by atoms with Crippen LogP contribution in [-0.4, -0.2) is 95.1 Å². The highest BCUT2D eigenvalue weighted by molar-refractivity contribution is 7.85. The Bertz CT molecular complexity index is 815. The van der Waals surface area contributed by atoms with Crippen LogP contribution >= 0.6 is 0 Å². The molecule has 0 amide bonds. The SMILES string of the molecule is CCCCCCCCC=CCCCCCC=CC(=O)OC[C@@H](O)CO[C@H]1O[C@H](CS(=O)(=O)O)[C@@H](O)[C@H](O)[C@H]1O. The largest absolute Gasteiger partial charge is 0.460 e. The predicted octanol–water partition coefficient (Wildman–Crippen LogP) is 2.42. The van der Waals surface area contributed by atoms with Crippen LogP contribution in [0.1, 0.15) is 84.0 Å². The molecule has 228 valence electrons. The molecule has 12 heteroatoms. The number of aliphatic hydroxyl groups excluding tert-OH is 4. The van der Waals surface area contributed by atoms with E-state index in [-0.39, 0.29) is 0 Å². The molecule has 5 N–H and O–H groups in total. The van der Waals surface area contributed by atoms with Gasteiger partial charge in [-0.3, -0.25) is 4.55 Å². The zero-order valence-corrected chi connectivity index (χ0v) is 23.8. The second kappa shape index (κ2) is 20.5. The minimum Gasteiger partial charge on any atom is -0.460 e. The Kier molecular flexibility index (Phi) is 18.7. The molecule has 0 aliphatic carbocycles.